The topological polar surface area (TPSA) is 97.8 Å². The zero-order valence-electron chi connectivity index (χ0n) is 18.7. The molecule has 2 aliphatic heterocycles. The summed E-state index contributed by atoms with van der Waals surface area (Å²) in [6, 6.07) is 5.94. The van der Waals surface area contributed by atoms with Crippen LogP contribution in [0.2, 0.25) is 0 Å². The largest absolute Gasteiger partial charge is 0.481 e. The van der Waals surface area contributed by atoms with Gasteiger partial charge in [-0.3, -0.25) is 14.4 Å². The van der Waals surface area contributed by atoms with Crippen molar-refractivity contribution in [2.75, 3.05) is 20.3 Å². The number of carbonyl (C=O) groups is 3. The van der Waals surface area contributed by atoms with Gasteiger partial charge >= 0.3 is 0 Å². The van der Waals surface area contributed by atoms with E-state index in [2.05, 4.69) is 10.3 Å². The fraction of sp³-hybridized carbons (Fsp3) is 0.500. The molecule has 2 amide bonds. The van der Waals surface area contributed by atoms with E-state index in [9.17, 15) is 14.4 Å². The molecule has 3 fully saturated rings. The molecule has 8 nitrogen and oxygen atoms in total. The summed E-state index contributed by atoms with van der Waals surface area (Å²) in [5, 5.41) is 2.56. The number of nitrogens with one attached hydrogen (secondary N) is 1. The van der Waals surface area contributed by atoms with Gasteiger partial charge in [-0.2, -0.15) is 0 Å². The second-order valence-electron chi connectivity index (χ2n) is 8.94. The van der Waals surface area contributed by atoms with Gasteiger partial charge in [-0.1, -0.05) is 12.8 Å². The van der Waals surface area contributed by atoms with E-state index in [0.29, 0.717) is 10.8 Å². The first kappa shape index (κ1) is 23.3. The Morgan fingerprint density at radius 3 is 2.85 bits per heavy atom. The first-order valence-corrected chi connectivity index (χ1v) is 12.7. The van der Waals surface area contributed by atoms with Gasteiger partial charge in [0.05, 0.1) is 17.4 Å². The van der Waals surface area contributed by atoms with Crippen LogP contribution in [0.25, 0.3) is 10.4 Å². The third-order valence-corrected chi connectivity index (χ3v) is 8.41. The number of thiophene rings is 1. The number of pyridine rings is 1. The average molecular weight is 504 g/mol. The van der Waals surface area contributed by atoms with Crippen LogP contribution in [-0.4, -0.2) is 71.3 Å². The molecule has 2 aromatic rings. The number of rotatable bonds is 6. The average Bonchev–Trinajstić information content (AvgIpc) is 3.64. The van der Waals surface area contributed by atoms with Crippen molar-refractivity contribution in [3.05, 3.63) is 35.3 Å². The second-order valence-corrected chi connectivity index (χ2v) is 10.6. The van der Waals surface area contributed by atoms with E-state index in [4.69, 9.17) is 21.1 Å². The van der Waals surface area contributed by atoms with E-state index in [1.165, 1.54) is 16.2 Å². The number of ketones is 1. The molecule has 1 N–H and O–H groups in total. The summed E-state index contributed by atoms with van der Waals surface area (Å²) in [6.45, 7) is 0.216. The number of fused-ring (bicyclic) bond motifs is 1. The number of hydrogen-bond acceptors (Lipinski definition) is 7. The summed E-state index contributed by atoms with van der Waals surface area (Å²) in [5.41, 5.74) is 0.898. The lowest BCUT2D eigenvalue weighted by atomic mass is 9.96. The predicted molar refractivity (Wildman–Crippen MR) is 127 cm³/mol. The van der Waals surface area contributed by atoms with Gasteiger partial charge in [0.2, 0.25) is 11.8 Å². The number of nitrogens with zero attached hydrogens (tertiary/aromatic N) is 2. The van der Waals surface area contributed by atoms with Gasteiger partial charge in [-0.05, 0) is 42.5 Å². The minimum atomic E-state index is -0.697. The molecule has 0 aromatic carbocycles. The molecular formula is C24H26ClN3O5S. The lowest BCUT2D eigenvalue weighted by molar-refractivity contribution is -0.139. The number of amides is 2. The Hall–Kier alpha value is -2.49. The third kappa shape index (κ3) is 4.32. The molecule has 1 saturated carbocycles. The summed E-state index contributed by atoms with van der Waals surface area (Å²) < 4.78 is 10.7. The van der Waals surface area contributed by atoms with E-state index in [0.717, 1.165) is 36.1 Å². The van der Waals surface area contributed by atoms with Crippen molar-refractivity contribution in [3.63, 3.8) is 0 Å². The van der Waals surface area contributed by atoms with Crippen molar-refractivity contribution in [2.24, 2.45) is 5.92 Å². The van der Waals surface area contributed by atoms with E-state index >= 15 is 0 Å². The van der Waals surface area contributed by atoms with Crippen LogP contribution in [0.15, 0.2) is 30.5 Å². The number of alkyl halides is 1. The van der Waals surface area contributed by atoms with Crippen molar-refractivity contribution >= 4 is 40.5 Å². The fourth-order valence-electron chi connectivity index (χ4n) is 5.18. The van der Waals surface area contributed by atoms with Gasteiger partial charge in [-0.25, -0.2) is 4.98 Å². The van der Waals surface area contributed by atoms with Gasteiger partial charge in [0.1, 0.15) is 24.8 Å². The number of carbonyl (C=O) groups excluding carboxylic acids is 3. The Bertz CT molecular complexity index is 1100. The molecule has 4 atom stereocenters. The van der Waals surface area contributed by atoms with Gasteiger partial charge in [0.25, 0.3) is 5.91 Å². The van der Waals surface area contributed by atoms with Crippen LogP contribution in [0.4, 0.5) is 0 Å². The number of methoxy groups -OCH3 is 1. The van der Waals surface area contributed by atoms with Crippen LogP contribution < -0.4 is 10.1 Å². The maximum absolute atomic E-state index is 13.7. The summed E-state index contributed by atoms with van der Waals surface area (Å²) in [6.07, 6.45) is 4.94. The third-order valence-electron chi connectivity index (χ3n) is 6.89. The molecule has 2 saturated heterocycles. The Labute approximate surface area is 206 Å². The molecule has 0 radical (unpaired) electrons. The fourth-order valence-corrected chi connectivity index (χ4v) is 6.44. The summed E-state index contributed by atoms with van der Waals surface area (Å²) >= 11 is 7.74. The number of halogens is 1. The summed E-state index contributed by atoms with van der Waals surface area (Å²) in [4.78, 5) is 46.4. The smallest absolute Gasteiger partial charge is 0.262 e. The SMILES string of the molecule is COc1cc(-c2ccc(C(=O)N[C@H](C(=O)N3C[C@H](Cl)[C@H]4OCC(=O)[C@H]43)C3CCCC3)s2)ccn1. The van der Waals surface area contributed by atoms with E-state index in [-0.39, 0.29) is 36.7 Å². The molecule has 180 valence electrons. The number of aromatic nitrogens is 1. The van der Waals surface area contributed by atoms with E-state index < -0.39 is 23.6 Å². The summed E-state index contributed by atoms with van der Waals surface area (Å²) in [5.74, 6) is -0.141. The van der Waals surface area contributed by atoms with Gasteiger partial charge in [-0.15, -0.1) is 22.9 Å². The highest BCUT2D eigenvalue weighted by molar-refractivity contribution is 7.17. The monoisotopic (exact) mass is 503 g/mol. The molecule has 10 heteroatoms. The maximum atomic E-state index is 13.7. The van der Waals surface area contributed by atoms with Gasteiger partial charge in [0.15, 0.2) is 5.78 Å². The van der Waals surface area contributed by atoms with E-state index in [1.807, 2.05) is 18.2 Å². The van der Waals surface area contributed by atoms with Crippen LogP contribution in [0.5, 0.6) is 5.88 Å². The van der Waals surface area contributed by atoms with Crippen LogP contribution in [0, 0.1) is 5.92 Å². The highest BCUT2D eigenvalue weighted by Gasteiger charge is 2.53. The molecule has 5 rings (SSSR count). The number of likely N-dealkylation sites (tertiary alicyclic amines) is 1. The van der Waals surface area contributed by atoms with Crippen molar-refractivity contribution in [2.45, 2.75) is 49.2 Å². The quantitative estimate of drug-likeness (QED) is 0.609. The van der Waals surface area contributed by atoms with Gasteiger partial charge < -0.3 is 19.7 Å². The lowest BCUT2D eigenvalue weighted by Gasteiger charge is -2.30. The van der Waals surface area contributed by atoms with Crippen molar-refractivity contribution < 1.29 is 23.9 Å². The number of hydrogen-bond donors (Lipinski definition) is 1. The predicted octanol–water partition coefficient (Wildman–Crippen LogP) is 2.89. The second kappa shape index (κ2) is 9.64. The first-order chi connectivity index (χ1) is 16.5. The minimum absolute atomic E-state index is 0.0272. The standard InChI is InChI=1S/C24H26ClN3O5S/c1-32-19-10-14(8-9-26-19)17-6-7-18(34-17)23(30)27-20(13-4-2-3-5-13)24(31)28-11-15(25)22-21(28)16(29)12-33-22/h6-10,13,15,20-22H,2-5,11-12H2,1H3,(H,27,30)/t15-,20-,21+,22+/m0/s1. The van der Waals surface area contributed by atoms with E-state index in [1.54, 1.807) is 19.4 Å². The van der Waals surface area contributed by atoms with Crippen molar-refractivity contribution in [1.29, 1.82) is 0 Å². The Kier molecular flexibility index (Phi) is 6.59. The molecule has 0 bridgehead atoms. The normalized spacial score (nSPS) is 25.4. The summed E-state index contributed by atoms with van der Waals surface area (Å²) in [7, 11) is 1.56. The Morgan fingerprint density at radius 1 is 1.29 bits per heavy atom. The van der Waals surface area contributed by atoms with Crippen molar-refractivity contribution in [1.82, 2.24) is 15.2 Å². The zero-order chi connectivity index (χ0) is 23.8. The first-order valence-electron chi connectivity index (χ1n) is 11.5. The molecule has 1 aliphatic carbocycles. The van der Waals surface area contributed by atoms with Crippen LogP contribution in [0.1, 0.15) is 35.4 Å². The number of ether oxygens (including phenoxy) is 2. The van der Waals surface area contributed by atoms with Gasteiger partial charge in [0, 0.05) is 23.7 Å². The molecule has 34 heavy (non-hydrogen) atoms. The molecule has 4 heterocycles. The Morgan fingerprint density at radius 2 is 2.09 bits per heavy atom. The van der Waals surface area contributed by atoms with Crippen LogP contribution in [-0.2, 0) is 14.3 Å². The Balaban J connectivity index is 1.35. The molecule has 3 aliphatic rings. The number of Topliss-reactive ketones (excluding diaryl/α,β-unsaturated/α-hetero) is 1. The molecular weight excluding hydrogens is 478 g/mol. The maximum Gasteiger partial charge on any atom is 0.262 e. The molecule has 2 aromatic heterocycles. The van der Waals surface area contributed by atoms with Crippen LogP contribution in [0.3, 0.4) is 0 Å². The highest BCUT2D eigenvalue weighted by Crippen LogP contribution is 2.35. The molecule has 0 spiro atoms. The van der Waals surface area contributed by atoms with Crippen LogP contribution >= 0.6 is 22.9 Å². The zero-order valence-corrected chi connectivity index (χ0v) is 20.3. The lowest BCUT2D eigenvalue weighted by Crippen LogP contribution is -2.54. The minimum Gasteiger partial charge on any atom is -0.481 e. The molecule has 0 unspecified atom stereocenters. The van der Waals surface area contributed by atoms with Crippen molar-refractivity contribution in [3.8, 4) is 16.3 Å². The highest BCUT2D eigenvalue weighted by atomic mass is 35.5.